The molecule has 0 fully saturated rings. The molecule has 0 radical (unpaired) electrons. The van der Waals surface area contributed by atoms with Gasteiger partial charge < -0.3 is 10.2 Å². The third-order valence-corrected chi connectivity index (χ3v) is 10.2. The Morgan fingerprint density at radius 3 is 1.77 bits per heavy atom. The summed E-state index contributed by atoms with van der Waals surface area (Å²) in [7, 11) is 0. The van der Waals surface area contributed by atoms with Crippen LogP contribution in [0.5, 0.6) is 0 Å². The fraction of sp³-hybridized carbons (Fsp3) is 0.182. The standard InChI is InChI=1S/C11H7ClO2S2.C11H8O2S2/c12-8-4-6-2-1-5-3-7(11(13)14)15-9(5)10(6)16-8;12-11(13)8-5-7-2-1-6-3-4-14-9(6)10(7)15-8/h3-4H,1-2H2,(H,13,14);3-5H,1-2H2,(H,12,13). The Morgan fingerprint density at radius 2 is 1.19 bits per heavy atom. The molecule has 2 N–H and O–H groups in total. The third kappa shape index (κ3) is 3.87. The van der Waals surface area contributed by atoms with E-state index in [1.54, 1.807) is 28.7 Å². The largest absolute Gasteiger partial charge is 0.477 e. The normalized spacial score (nSPS) is 13.3. The summed E-state index contributed by atoms with van der Waals surface area (Å²) in [6.07, 6.45) is 3.89. The number of halogens is 1. The van der Waals surface area contributed by atoms with Crippen LogP contribution >= 0.6 is 56.9 Å². The highest BCUT2D eigenvalue weighted by Gasteiger charge is 2.24. The number of hydrogen-bond acceptors (Lipinski definition) is 6. The summed E-state index contributed by atoms with van der Waals surface area (Å²) < 4.78 is 0.781. The molecular formula is C22H15ClO4S4. The Morgan fingerprint density at radius 1 is 0.710 bits per heavy atom. The lowest BCUT2D eigenvalue weighted by atomic mass is 9.98. The van der Waals surface area contributed by atoms with E-state index in [2.05, 4.69) is 11.4 Å². The molecule has 2 aliphatic rings. The molecule has 0 saturated heterocycles. The van der Waals surface area contributed by atoms with Crippen LogP contribution in [-0.2, 0) is 25.7 Å². The van der Waals surface area contributed by atoms with Crippen LogP contribution in [-0.4, -0.2) is 22.2 Å². The zero-order chi connectivity index (χ0) is 21.7. The number of fused-ring (bicyclic) bond motifs is 6. The van der Waals surface area contributed by atoms with Gasteiger partial charge in [0.05, 0.1) is 4.34 Å². The Hall–Kier alpha value is -1.97. The predicted molar refractivity (Wildman–Crippen MR) is 129 cm³/mol. The second-order valence-corrected chi connectivity index (χ2v) is 11.9. The first-order chi connectivity index (χ1) is 14.9. The van der Waals surface area contributed by atoms with Crippen molar-refractivity contribution in [2.45, 2.75) is 25.7 Å². The van der Waals surface area contributed by atoms with E-state index < -0.39 is 11.9 Å². The van der Waals surface area contributed by atoms with Gasteiger partial charge in [-0.25, -0.2) is 9.59 Å². The molecule has 4 aromatic rings. The van der Waals surface area contributed by atoms with Crippen LogP contribution < -0.4 is 0 Å². The summed E-state index contributed by atoms with van der Waals surface area (Å²) in [6.45, 7) is 0. The summed E-state index contributed by atoms with van der Waals surface area (Å²) in [6, 6.07) is 7.75. The average molecular weight is 507 g/mol. The Bertz CT molecular complexity index is 1320. The summed E-state index contributed by atoms with van der Waals surface area (Å²) in [5.74, 6) is -1.66. The Labute approximate surface area is 199 Å². The first-order valence-corrected chi connectivity index (χ1v) is 13.2. The molecule has 2 aliphatic carbocycles. The van der Waals surface area contributed by atoms with E-state index in [0.29, 0.717) is 9.75 Å². The van der Waals surface area contributed by atoms with Gasteiger partial charge in [-0.1, -0.05) is 11.6 Å². The van der Waals surface area contributed by atoms with Crippen molar-refractivity contribution in [3.63, 3.8) is 0 Å². The third-order valence-electron chi connectivity index (χ3n) is 5.31. The summed E-state index contributed by atoms with van der Waals surface area (Å²) in [5, 5.41) is 20.0. The fourth-order valence-electron chi connectivity index (χ4n) is 3.87. The highest BCUT2D eigenvalue weighted by Crippen LogP contribution is 2.45. The van der Waals surface area contributed by atoms with Crippen molar-refractivity contribution in [3.8, 4) is 19.5 Å². The molecule has 0 spiro atoms. The number of rotatable bonds is 2. The van der Waals surface area contributed by atoms with Crippen molar-refractivity contribution in [2.24, 2.45) is 0 Å². The molecule has 31 heavy (non-hydrogen) atoms. The van der Waals surface area contributed by atoms with Gasteiger partial charge in [0, 0.05) is 19.5 Å². The van der Waals surface area contributed by atoms with E-state index >= 15 is 0 Å². The maximum atomic E-state index is 10.9. The van der Waals surface area contributed by atoms with Gasteiger partial charge in [-0.15, -0.1) is 45.3 Å². The molecule has 0 aromatic carbocycles. The minimum atomic E-state index is -0.844. The van der Waals surface area contributed by atoms with Crippen molar-refractivity contribution in [3.05, 3.63) is 66.0 Å². The number of carbonyl (C=O) groups is 2. The molecule has 6 rings (SSSR count). The molecule has 158 valence electrons. The lowest BCUT2D eigenvalue weighted by Gasteiger charge is -2.10. The summed E-state index contributed by atoms with van der Waals surface area (Å²) in [5.41, 5.74) is 4.97. The van der Waals surface area contributed by atoms with Crippen LogP contribution in [0.2, 0.25) is 4.34 Å². The molecule has 0 unspecified atom stereocenters. The van der Waals surface area contributed by atoms with Crippen molar-refractivity contribution in [1.29, 1.82) is 0 Å². The monoisotopic (exact) mass is 506 g/mol. The molecule has 0 bridgehead atoms. The SMILES string of the molecule is O=C(O)c1cc2c(s1)-c1sc(Cl)cc1CC2.O=C(O)c1cc2c(s1)-c1sccc1CC2. The number of aromatic carboxylic acids is 2. The number of aryl methyl sites for hydroxylation is 4. The van der Waals surface area contributed by atoms with Crippen molar-refractivity contribution < 1.29 is 19.8 Å². The molecule has 0 saturated carbocycles. The number of thiophene rings is 4. The van der Waals surface area contributed by atoms with Crippen LogP contribution in [0.1, 0.15) is 41.6 Å². The highest BCUT2D eigenvalue weighted by atomic mass is 35.5. The van der Waals surface area contributed by atoms with E-state index in [-0.39, 0.29) is 0 Å². The van der Waals surface area contributed by atoms with Crippen LogP contribution in [0.3, 0.4) is 0 Å². The molecule has 4 nitrogen and oxygen atoms in total. The van der Waals surface area contributed by atoms with Gasteiger partial charge >= 0.3 is 11.9 Å². The highest BCUT2D eigenvalue weighted by molar-refractivity contribution is 7.25. The van der Waals surface area contributed by atoms with Crippen LogP contribution in [0.25, 0.3) is 19.5 Å². The molecule has 9 heteroatoms. The van der Waals surface area contributed by atoms with Gasteiger partial charge in [-0.2, -0.15) is 0 Å². The molecule has 4 heterocycles. The Kier molecular flexibility index (Phi) is 5.52. The van der Waals surface area contributed by atoms with Crippen LogP contribution in [0.15, 0.2) is 29.6 Å². The zero-order valence-corrected chi connectivity index (χ0v) is 20.0. The van der Waals surface area contributed by atoms with E-state index in [0.717, 1.165) is 45.3 Å². The smallest absolute Gasteiger partial charge is 0.345 e. The molecule has 4 aromatic heterocycles. The van der Waals surface area contributed by atoms with E-state index in [4.69, 9.17) is 21.8 Å². The van der Waals surface area contributed by atoms with Crippen LogP contribution in [0, 0.1) is 0 Å². The van der Waals surface area contributed by atoms with Gasteiger partial charge in [-0.05, 0) is 77.6 Å². The van der Waals surface area contributed by atoms with Gasteiger partial charge in [0.1, 0.15) is 9.75 Å². The van der Waals surface area contributed by atoms with Crippen molar-refractivity contribution in [1.82, 2.24) is 0 Å². The number of hydrogen-bond donors (Lipinski definition) is 2. The van der Waals surface area contributed by atoms with Gasteiger partial charge in [-0.3, -0.25) is 0 Å². The predicted octanol–water partition coefficient (Wildman–Crippen LogP) is 7.20. The minimum absolute atomic E-state index is 0.419. The molecule has 0 amide bonds. The lowest BCUT2D eigenvalue weighted by Crippen LogP contribution is -1.97. The fourth-order valence-corrected chi connectivity index (χ4v) is 8.64. The maximum Gasteiger partial charge on any atom is 0.345 e. The van der Waals surface area contributed by atoms with Crippen LogP contribution in [0.4, 0.5) is 0 Å². The van der Waals surface area contributed by atoms with Gasteiger partial charge in [0.2, 0.25) is 0 Å². The molecule has 0 aliphatic heterocycles. The van der Waals surface area contributed by atoms with E-state index in [1.165, 1.54) is 49.1 Å². The lowest BCUT2D eigenvalue weighted by molar-refractivity contribution is 0.0691. The van der Waals surface area contributed by atoms with Crippen molar-refractivity contribution >= 4 is 68.9 Å². The first-order valence-electron chi connectivity index (χ1n) is 9.48. The molecular weight excluding hydrogens is 492 g/mol. The Balaban J connectivity index is 0.000000132. The average Bonchev–Trinajstić information content (AvgIpc) is 3.49. The van der Waals surface area contributed by atoms with Crippen molar-refractivity contribution in [2.75, 3.05) is 0 Å². The number of carboxylic acids is 2. The quantitative estimate of drug-likeness (QED) is 0.301. The minimum Gasteiger partial charge on any atom is -0.477 e. The van der Waals surface area contributed by atoms with Gasteiger partial charge in [0.25, 0.3) is 0 Å². The maximum absolute atomic E-state index is 10.9. The zero-order valence-electron chi connectivity index (χ0n) is 15.9. The first kappa shape index (κ1) is 20.9. The topological polar surface area (TPSA) is 74.6 Å². The summed E-state index contributed by atoms with van der Waals surface area (Å²) >= 11 is 12.0. The second-order valence-electron chi connectivity index (χ2n) is 7.22. The molecule has 0 atom stereocenters. The van der Waals surface area contributed by atoms with E-state index in [1.807, 2.05) is 12.1 Å². The van der Waals surface area contributed by atoms with Gasteiger partial charge in [0.15, 0.2) is 0 Å². The summed E-state index contributed by atoms with van der Waals surface area (Å²) in [4.78, 5) is 27.4. The number of carboxylic acid groups (broad SMARTS) is 2. The second kappa shape index (κ2) is 8.18. The van der Waals surface area contributed by atoms with E-state index in [9.17, 15) is 9.59 Å².